The van der Waals surface area contributed by atoms with E-state index in [1.807, 2.05) is 25.6 Å². The maximum absolute atomic E-state index is 5.46. The Kier molecular flexibility index (Phi) is 7.36. The van der Waals surface area contributed by atoms with Crippen molar-refractivity contribution >= 4 is 17.7 Å². The fourth-order valence-corrected chi connectivity index (χ4v) is 3.80. The van der Waals surface area contributed by atoms with Gasteiger partial charge in [-0.2, -0.15) is 16.7 Å². The summed E-state index contributed by atoms with van der Waals surface area (Å²) in [5.74, 6) is 3.09. The second-order valence-electron chi connectivity index (χ2n) is 6.09. The van der Waals surface area contributed by atoms with Gasteiger partial charge in [-0.05, 0) is 46.3 Å². The maximum Gasteiger partial charge on any atom is 0.248 e. The summed E-state index contributed by atoms with van der Waals surface area (Å²) in [5, 5.41) is 10.6. The largest absolute Gasteiger partial charge is 0.371 e. The lowest BCUT2D eigenvalue weighted by atomic mass is 10.1. The third-order valence-electron chi connectivity index (χ3n) is 3.91. The van der Waals surface area contributed by atoms with Crippen molar-refractivity contribution in [3.8, 4) is 0 Å². The molecule has 1 saturated heterocycles. The normalized spacial score (nSPS) is 22.6. The van der Waals surface area contributed by atoms with E-state index in [-0.39, 0.29) is 6.10 Å². The summed E-state index contributed by atoms with van der Waals surface area (Å²) < 4.78 is 11.0. The molecule has 0 spiro atoms. The Hall–Kier alpha value is -1.28. The number of aliphatic imine (C=N–C) groups is 1. The average molecular weight is 356 g/mol. The summed E-state index contributed by atoms with van der Waals surface area (Å²) in [5.41, 5.74) is 0. The summed E-state index contributed by atoms with van der Waals surface area (Å²) >= 11 is 2.03. The topological polar surface area (TPSA) is 84.6 Å². The SMILES string of the molecule is CCNC(=NCc1nc(C(C)OCC)no1)NCC1(C)CCCS1. The summed E-state index contributed by atoms with van der Waals surface area (Å²) in [7, 11) is 0. The van der Waals surface area contributed by atoms with Crippen LogP contribution in [0.2, 0.25) is 0 Å². The van der Waals surface area contributed by atoms with Gasteiger partial charge in [0.1, 0.15) is 12.6 Å². The van der Waals surface area contributed by atoms with Crippen molar-refractivity contribution < 1.29 is 9.26 Å². The van der Waals surface area contributed by atoms with Gasteiger partial charge in [-0.1, -0.05) is 5.16 Å². The lowest BCUT2D eigenvalue weighted by molar-refractivity contribution is 0.0683. The molecule has 2 heterocycles. The second-order valence-corrected chi connectivity index (χ2v) is 7.78. The molecule has 1 aromatic rings. The first-order chi connectivity index (χ1) is 11.6. The minimum atomic E-state index is -0.165. The zero-order valence-corrected chi connectivity index (χ0v) is 15.9. The van der Waals surface area contributed by atoms with Gasteiger partial charge in [0.15, 0.2) is 11.8 Å². The number of guanidine groups is 1. The lowest BCUT2D eigenvalue weighted by Gasteiger charge is -2.24. The van der Waals surface area contributed by atoms with Gasteiger partial charge in [0.05, 0.1) is 0 Å². The zero-order valence-electron chi connectivity index (χ0n) is 15.1. The number of nitrogens with one attached hydrogen (secondary N) is 2. The summed E-state index contributed by atoms with van der Waals surface area (Å²) in [6, 6.07) is 0. The van der Waals surface area contributed by atoms with Gasteiger partial charge in [0.2, 0.25) is 5.89 Å². The Bertz CT molecular complexity index is 528. The molecule has 2 unspecified atom stereocenters. The summed E-state index contributed by atoms with van der Waals surface area (Å²) in [6.07, 6.45) is 2.37. The molecule has 1 fully saturated rings. The number of thioether (sulfide) groups is 1. The molecule has 0 saturated carbocycles. The van der Waals surface area contributed by atoms with Crippen LogP contribution in [0.15, 0.2) is 9.52 Å². The molecule has 0 aromatic carbocycles. The van der Waals surface area contributed by atoms with Crippen molar-refractivity contribution in [2.45, 2.75) is 57.9 Å². The minimum absolute atomic E-state index is 0.165. The van der Waals surface area contributed by atoms with Gasteiger partial charge in [0.25, 0.3) is 0 Å². The van der Waals surface area contributed by atoms with Crippen molar-refractivity contribution in [1.29, 1.82) is 0 Å². The monoisotopic (exact) mass is 355 g/mol. The molecule has 0 amide bonds. The lowest BCUT2D eigenvalue weighted by Crippen LogP contribution is -2.43. The summed E-state index contributed by atoms with van der Waals surface area (Å²) in [6.45, 7) is 10.9. The van der Waals surface area contributed by atoms with E-state index in [2.05, 4.69) is 39.6 Å². The number of rotatable bonds is 8. The molecule has 1 aliphatic rings. The van der Waals surface area contributed by atoms with Gasteiger partial charge in [-0.25, -0.2) is 4.99 Å². The molecular weight excluding hydrogens is 326 g/mol. The van der Waals surface area contributed by atoms with Crippen LogP contribution < -0.4 is 10.6 Å². The number of aromatic nitrogens is 2. The van der Waals surface area contributed by atoms with E-state index in [1.165, 1.54) is 18.6 Å². The van der Waals surface area contributed by atoms with E-state index >= 15 is 0 Å². The van der Waals surface area contributed by atoms with E-state index < -0.39 is 0 Å². The number of nitrogens with zero attached hydrogens (tertiary/aromatic N) is 3. The molecule has 1 aliphatic heterocycles. The van der Waals surface area contributed by atoms with Crippen LogP contribution in [0, 0.1) is 0 Å². The van der Waals surface area contributed by atoms with Crippen LogP contribution >= 0.6 is 11.8 Å². The average Bonchev–Trinajstić information content (AvgIpc) is 3.20. The van der Waals surface area contributed by atoms with Crippen molar-refractivity contribution in [2.24, 2.45) is 4.99 Å². The van der Waals surface area contributed by atoms with Gasteiger partial charge >= 0.3 is 0 Å². The van der Waals surface area contributed by atoms with E-state index in [0.29, 0.717) is 29.6 Å². The molecule has 8 heteroatoms. The first-order valence-corrected chi connectivity index (χ1v) is 9.65. The molecule has 2 N–H and O–H groups in total. The van der Waals surface area contributed by atoms with Gasteiger partial charge in [-0.3, -0.25) is 0 Å². The van der Waals surface area contributed by atoms with E-state index in [0.717, 1.165) is 19.0 Å². The van der Waals surface area contributed by atoms with Crippen molar-refractivity contribution in [1.82, 2.24) is 20.8 Å². The highest BCUT2D eigenvalue weighted by Gasteiger charge is 2.29. The van der Waals surface area contributed by atoms with Crippen LogP contribution in [0.4, 0.5) is 0 Å². The van der Waals surface area contributed by atoms with Gasteiger partial charge in [0, 0.05) is 24.4 Å². The highest BCUT2D eigenvalue weighted by molar-refractivity contribution is 8.00. The first kappa shape index (κ1) is 19.1. The smallest absolute Gasteiger partial charge is 0.248 e. The Morgan fingerprint density at radius 1 is 1.46 bits per heavy atom. The van der Waals surface area contributed by atoms with Crippen molar-refractivity contribution in [3.05, 3.63) is 11.7 Å². The Morgan fingerprint density at radius 2 is 2.29 bits per heavy atom. The van der Waals surface area contributed by atoms with E-state index in [9.17, 15) is 0 Å². The predicted octanol–water partition coefficient (Wildman–Crippen LogP) is 2.51. The molecule has 0 bridgehead atoms. The molecule has 7 nitrogen and oxygen atoms in total. The third-order valence-corrected chi connectivity index (χ3v) is 5.45. The quantitative estimate of drug-likeness (QED) is 0.547. The zero-order chi connectivity index (χ0) is 17.4. The first-order valence-electron chi connectivity index (χ1n) is 8.66. The Labute approximate surface area is 148 Å². The highest BCUT2D eigenvalue weighted by atomic mass is 32.2. The minimum Gasteiger partial charge on any atom is -0.371 e. The summed E-state index contributed by atoms with van der Waals surface area (Å²) in [4.78, 5) is 8.89. The van der Waals surface area contributed by atoms with Crippen LogP contribution in [-0.2, 0) is 11.3 Å². The molecule has 0 aliphatic carbocycles. The molecule has 1 aromatic heterocycles. The molecule has 24 heavy (non-hydrogen) atoms. The van der Waals surface area contributed by atoms with Crippen LogP contribution in [0.1, 0.15) is 58.4 Å². The molecule has 2 atom stereocenters. The second kappa shape index (κ2) is 9.27. The fourth-order valence-electron chi connectivity index (χ4n) is 2.56. The molecule has 2 rings (SSSR count). The maximum atomic E-state index is 5.46. The van der Waals surface area contributed by atoms with Gasteiger partial charge in [-0.15, -0.1) is 0 Å². The Balaban J connectivity index is 1.90. The Morgan fingerprint density at radius 3 is 2.96 bits per heavy atom. The van der Waals surface area contributed by atoms with Crippen LogP contribution in [-0.4, -0.2) is 46.3 Å². The highest BCUT2D eigenvalue weighted by Crippen LogP contribution is 2.36. The molecule has 0 radical (unpaired) electrons. The molecule has 136 valence electrons. The van der Waals surface area contributed by atoms with E-state index in [1.54, 1.807) is 0 Å². The van der Waals surface area contributed by atoms with Gasteiger partial charge < -0.3 is 19.9 Å². The van der Waals surface area contributed by atoms with E-state index in [4.69, 9.17) is 9.26 Å². The van der Waals surface area contributed by atoms with Crippen LogP contribution in [0.3, 0.4) is 0 Å². The van der Waals surface area contributed by atoms with Crippen LogP contribution in [0.5, 0.6) is 0 Å². The van der Waals surface area contributed by atoms with Crippen molar-refractivity contribution in [3.63, 3.8) is 0 Å². The number of hydrogen-bond donors (Lipinski definition) is 2. The molecular formula is C16H29N5O2S. The standard InChI is InChI=1S/C16H29N5O2S/c1-5-17-15(19-11-16(4)8-7-9-24-16)18-10-13-20-14(21-23-13)12(3)22-6-2/h12H,5-11H2,1-4H3,(H2,17,18,19). The van der Waals surface area contributed by atoms with Crippen molar-refractivity contribution in [2.75, 3.05) is 25.4 Å². The predicted molar refractivity (Wildman–Crippen MR) is 97.3 cm³/mol. The number of ether oxygens (including phenoxy) is 1. The third kappa shape index (κ3) is 5.66. The van der Waals surface area contributed by atoms with Crippen LogP contribution in [0.25, 0.3) is 0 Å². The number of hydrogen-bond acceptors (Lipinski definition) is 6. The fraction of sp³-hybridized carbons (Fsp3) is 0.812.